The van der Waals surface area contributed by atoms with E-state index in [0.29, 0.717) is 24.2 Å². The van der Waals surface area contributed by atoms with E-state index in [9.17, 15) is 0 Å². The summed E-state index contributed by atoms with van der Waals surface area (Å²) in [4.78, 5) is 2.35. The van der Waals surface area contributed by atoms with Gasteiger partial charge in [0.1, 0.15) is 11.6 Å². The van der Waals surface area contributed by atoms with E-state index in [0.717, 1.165) is 48.7 Å². The van der Waals surface area contributed by atoms with Crippen LogP contribution in [0.2, 0.25) is 0 Å². The molecule has 8 nitrogen and oxygen atoms in total. The van der Waals surface area contributed by atoms with Crippen LogP contribution in [-0.2, 0) is 6.54 Å². The second-order valence-corrected chi connectivity index (χ2v) is 7.27. The first kappa shape index (κ1) is 17.8. The maximum absolute atomic E-state index is 5.87. The Morgan fingerprint density at radius 2 is 1.83 bits per heavy atom. The lowest BCUT2D eigenvalue weighted by atomic mass is 9.96. The summed E-state index contributed by atoms with van der Waals surface area (Å²) in [5.74, 6) is 3.45. The number of nitrogens with zero attached hydrogens (tertiary/aromatic N) is 6. The molecule has 1 aromatic carbocycles. The van der Waals surface area contributed by atoms with Crippen molar-refractivity contribution in [2.45, 2.75) is 25.3 Å². The highest BCUT2D eigenvalue weighted by molar-refractivity contribution is 5.53. The molecule has 1 aliphatic heterocycles. The minimum Gasteiger partial charge on any atom is -0.497 e. The zero-order valence-electron chi connectivity index (χ0n) is 16.2. The normalized spacial score (nSPS) is 15.8. The van der Waals surface area contributed by atoms with Gasteiger partial charge in [-0.2, -0.15) is 0 Å². The van der Waals surface area contributed by atoms with Gasteiger partial charge in [0.15, 0.2) is 5.65 Å². The Morgan fingerprint density at radius 3 is 2.62 bits per heavy atom. The van der Waals surface area contributed by atoms with E-state index in [1.165, 1.54) is 0 Å². The van der Waals surface area contributed by atoms with Gasteiger partial charge in [-0.05, 0) is 62.3 Å². The smallest absolute Gasteiger partial charge is 0.247 e. The third-order valence-corrected chi connectivity index (χ3v) is 5.46. The lowest BCUT2D eigenvalue weighted by Crippen LogP contribution is -2.33. The van der Waals surface area contributed by atoms with Gasteiger partial charge in [0.2, 0.25) is 11.8 Å². The van der Waals surface area contributed by atoms with E-state index in [4.69, 9.17) is 9.15 Å². The molecule has 1 aliphatic rings. The number of methoxy groups -OCH3 is 1. The molecule has 5 rings (SSSR count). The molecule has 0 N–H and O–H groups in total. The van der Waals surface area contributed by atoms with Crippen LogP contribution in [0.25, 0.3) is 17.1 Å². The van der Waals surface area contributed by atoms with Crippen LogP contribution in [0, 0.1) is 0 Å². The molecule has 0 atom stereocenters. The summed E-state index contributed by atoms with van der Waals surface area (Å²) in [5, 5.41) is 17.1. The zero-order valence-corrected chi connectivity index (χ0v) is 16.2. The molecule has 0 aliphatic carbocycles. The molecular weight excluding hydrogens is 368 g/mol. The molecule has 4 aromatic rings. The number of pyridine rings is 1. The van der Waals surface area contributed by atoms with Gasteiger partial charge in [-0.3, -0.25) is 9.30 Å². The summed E-state index contributed by atoms with van der Waals surface area (Å²) >= 11 is 0. The molecule has 0 saturated carbocycles. The molecule has 0 unspecified atom stereocenters. The number of hydrogen-bond acceptors (Lipinski definition) is 7. The Labute approximate surface area is 168 Å². The molecular formula is C21H22N6O2. The van der Waals surface area contributed by atoms with E-state index in [1.54, 1.807) is 7.11 Å². The van der Waals surface area contributed by atoms with Crippen LogP contribution in [0.15, 0.2) is 53.1 Å². The maximum Gasteiger partial charge on any atom is 0.247 e. The first-order valence-corrected chi connectivity index (χ1v) is 9.79. The molecule has 148 valence electrons. The molecule has 0 radical (unpaired) electrons. The lowest BCUT2D eigenvalue weighted by molar-refractivity contribution is 0.185. The first-order chi connectivity index (χ1) is 14.3. The third-order valence-electron chi connectivity index (χ3n) is 5.46. The number of likely N-dealkylation sites (tertiary alicyclic amines) is 1. The highest BCUT2D eigenvalue weighted by Crippen LogP contribution is 2.28. The minimum atomic E-state index is 0.418. The van der Waals surface area contributed by atoms with Crippen LogP contribution < -0.4 is 4.74 Å². The van der Waals surface area contributed by atoms with Crippen LogP contribution in [-0.4, -0.2) is 49.9 Å². The fourth-order valence-corrected chi connectivity index (χ4v) is 3.85. The Balaban J connectivity index is 1.21. The summed E-state index contributed by atoms with van der Waals surface area (Å²) in [6, 6.07) is 13.6. The summed E-state index contributed by atoms with van der Waals surface area (Å²) in [6.45, 7) is 2.59. The van der Waals surface area contributed by atoms with Crippen LogP contribution in [0.5, 0.6) is 5.75 Å². The van der Waals surface area contributed by atoms with Gasteiger partial charge in [-0.1, -0.05) is 6.07 Å². The molecule has 29 heavy (non-hydrogen) atoms. The monoisotopic (exact) mass is 390 g/mol. The number of piperidine rings is 1. The number of ether oxygens (including phenoxy) is 1. The van der Waals surface area contributed by atoms with Gasteiger partial charge in [0.25, 0.3) is 0 Å². The molecule has 0 spiro atoms. The van der Waals surface area contributed by atoms with Crippen molar-refractivity contribution in [1.82, 2.24) is 29.7 Å². The van der Waals surface area contributed by atoms with Gasteiger partial charge in [-0.25, -0.2) is 0 Å². The van der Waals surface area contributed by atoms with Gasteiger partial charge >= 0.3 is 0 Å². The fraction of sp³-hybridized carbons (Fsp3) is 0.333. The van der Waals surface area contributed by atoms with Crippen LogP contribution in [0.1, 0.15) is 30.5 Å². The minimum absolute atomic E-state index is 0.418. The van der Waals surface area contributed by atoms with Crippen molar-refractivity contribution in [2.24, 2.45) is 0 Å². The highest BCUT2D eigenvalue weighted by atomic mass is 16.5. The SMILES string of the molecule is COc1ccc(-c2nnc(CN3CCC(c4nnc5ccccn45)CC3)o2)cc1. The van der Waals surface area contributed by atoms with Crippen molar-refractivity contribution >= 4 is 5.65 Å². The van der Waals surface area contributed by atoms with Gasteiger partial charge in [0, 0.05) is 17.7 Å². The average molecular weight is 390 g/mol. The van der Waals surface area contributed by atoms with Crippen molar-refractivity contribution in [3.8, 4) is 17.2 Å². The van der Waals surface area contributed by atoms with E-state index in [-0.39, 0.29) is 0 Å². The summed E-state index contributed by atoms with van der Waals surface area (Å²) in [7, 11) is 1.65. The molecule has 0 amide bonds. The number of benzene rings is 1. The largest absolute Gasteiger partial charge is 0.497 e. The summed E-state index contributed by atoms with van der Waals surface area (Å²) in [6.07, 6.45) is 4.11. The van der Waals surface area contributed by atoms with E-state index < -0.39 is 0 Å². The molecule has 8 heteroatoms. The molecule has 4 heterocycles. The van der Waals surface area contributed by atoms with Gasteiger partial charge in [-0.15, -0.1) is 20.4 Å². The average Bonchev–Trinajstić information content (AvgIpc) is 3.42. The van der Waals surface area contributed by atoms with Crippen molar-refractivity contribution in [1.29, 1.82) is 0 Å². The lowest BCUT2D eigenvalue weighted by Gasteiger charge is -2.30. The predicted octanol–water partition coefficient (Wildman–Crippen LogP) is 3.17. The Kier molecular flexibility index (Phi) is 4.69. The predicted molar refractivity (Wildman–Crippen MR) is 107 cm³/mol. The molecule has 1 fully saturated rings. The number of hydrogen-bond donors (Lipinski definition) is 0. The topological polar surface area (TPSA) is 81.6 Å². The summed E-state index contributed by atoms with van der Waals surface area (Å²) < 4.78 is 13.2. The first-order valence-electron chi connectivity index (χ1n) is 9.79. The van der Waals surface area contributed by atoms with E-state index >= 15 is 0 Å². The number of fused-ring (bicyclic) bond motifs is 1. The maximum atomic E-state index is 5.87. The van der Waals surface area contributed by atoms with Crippen molar-refractivity contribution in [2.75, 3.05) is 20.2 Å². The second-order valence-electron chi connectivity index (χ2n) is 7.27. The van der Waals surface area contributed by atoms with Crippen molar-refractivity contribution in [3.05, 3.63) is 60.4 Å². The van der Waals surface area contributed by atoms with E-state index in [2.05, 4.69) is 29.7 Å². The van der Waals surface area contributed by atoms with Crippen molar-refractivity contribution < 1.29 is 9.15 Å². The van der Waals surface area contributed by atoms with Crippen LogP contribution in [0.4, 0.5) is 0 Å². The fourth-order valence-electron chi connectivity index (χ4n) is 3.85. The summed E-state index contributed by atoms with van der Waals surface area (Å²) in [5.41, 5.74) is 1.80. The zero-order chi connectivity index (χ0) is 19.6. The highest BCUT2D eigenvalue weighted by Gasteiger charge is 2.25. The Bertz CT molecular complexity index is 1100. The molecule has 3 aromatic heterocycles. The van der Waals surface area contributed by atoms with Crippen LogP contribution >= 0.6 is 0 Å². The number of rotatable bonds is 5. The third kappa shape index (κ3) is 3.58. The van der Waals surface area contributed by atoms with Crippen LogP contribution in [0.3, 0.4) is 0 Å². The number of aromatic nitrogens is 5. The van der Waals surface area contributed by atoms with Gasteiger partial charge < -0.3 is 9.15 Å². The molecule has 1 saturated heterocycles. The standard InChI is InChI=1S/C21H22N6O2/c1-28-17-7-5-16(6-8-17)21-25-23-19(29-21)14-26-12-9-15(10-13-26)20-24-22-18-4-2-3-11-27(18)20/h2-8,11,15H,9-10,12-14H2,1H3. The molecule has 0 bridgehead atoms. The van der Waals surface area contributed by atoms with Gasteiger partial charge in [0.05, 0.1) is 13.7 Å². The Hall–Kier alpha value is -3.26. The Morgan fingerprint density at radius 1 is 1.00 bits per heavy atom. The van der Waals surface area contributed by atoms with E-state index in [1.807, 2.05) is 48.7 Å². The van der Waals surface area contributed by atoms with Crippen molar-refractivity contribution in [3.63, 3.8) is 0 Å². The second kappa shape index (κ2) is 7.63. The quantitative estimate of drug-likeness (QED) is 0.518.